The summed E-state index contributed by atoms with van der Waals surface area (Å²) < 4.78 is 41.2. The van der Waals surface area contributed by atoms with Gasteiger partial charge in [-0.1, -0.05) is 35.9 Å². The van der Waals surface area contributed by atoms with Gasteiger partial charge in [-0.05, 0) is 47.5 Å². The summed E-state index contributed by atoms with van der Waals surface area (Å²) in [5.74, 6) is 1.18. The number of methoxy groups -OCH3 is 2. The van der Waals surface area contributed by atoms with E-state index in [9.17, 15) is 8.42 Å². The first-order valence-corrected chi connectivity index (χ1v) is 11.0. The molecule has 0 atom stereocenters. The molecule has 0 saturated carbocycles. The second-order valence-corrected chi connectivity index (χ2v) is 8.43. The highest BCUT2D eigenvalue weighted by molar-refractivity contribution is 7.89. The quantitative estimate of drug-likeness (QED) is 0.381. The summed E-state index contributed by atoms with van der Waals surface area (Å²) in [6.45, 7) is 0.351. The van der Waals surface area contributed by atoms with Crippen LogP contribution in [-0.2, 0) is 16.6 Å². The molecule has 0 spiro atoms. The highest BCUT2D eigenvalue weighted by atomic mass is 35.5. The lowest BCUT2D eigenvalue weighted by atomic mass is 10.2. The van der Waals surface area contributed by atoms with E-state index in [2.05, 4.69) is 9.93 Å². The van der Waals surface area contributed by atoms with Gasteiger partial charge < -0.3 is 14.2 Å². The summed E-state index contributed by atoms with van der Waals surface area (Å²) in [7, 11) is -1.13. The van der Waals surface area contributed by atoms with Crippen molar-refractivity contribution in [2.24, 2.45) is 5.10 Å². The SMILES string of the molecule is COc1ccc(OC)c(S(=O)(=O)N/N=C\c2cccc(OCc3cccc(Cl)c3)c2)c1. The summed E-state index contributed by atoms with van der Waals surface area (Å²) in [6.07, 6.45) is 1.39. The average Bonchev–Trinajstić information content (AvgIpc) is 2.77. The Hall–Kier alpha value is -3.23. The summed E-state index contributed by atoms with van der Waals surface area (Å²) in [4.78, 5) is 2.11. The van der Waals surface area contributed by atoms with Crippen molar-refractivity contribution in [2.45, 2.75) is 11.5 Å². The van der Waals surface area contributed by atoms with Gasteiger partial charge in [0, 0.05) is 11.1 Å². The number of rotatable bonds is 9. The first kappa shape index (κ1) is 22.5. The molecule has 0 bridgehead atoms. The highest BCUT2D eigenvalue weighted by Crippen LogP contribution is 2.28. The fourth-order valence-corrected chi connectivity index (χ4v) is 3.88. The molecule has 0 fully saturated rings. The van der Waals surface area contributed by atoms with Crippen molar-refractivity contribution in [3.05, 3.63) is 82.9 Å². The molecule has 0 aromatic heterocycles. The van der Waals surface area contributed by atoms with Gasteiger partial charge in [0.1, 0.15) is 28.8 Å². The molecule has 0 amide bonds. The van der Waals surface area contributed by atoms with Crippen molar-refractivity contribution in [3.63, 3.8) is 0 Å². The van der Waals surface area contributed by atoms with Crippen LogP contribution in [0.1, 0.15) is 11.1 Å². The molecule has 162 valence electrons. The molecule has 0 unspecified atom stereocenters. The van der Waals surface area contributed by atoms with Crippen LogP contribution in [0.25, 0.3) is 0 Å². The van der Waals surface area contributed by atoms with Crippen LogP contribution in [0.5, 0.6) is 17.2 Å². The third kappa shape index (κ3) is 6.13. The van der Waals surface area contributed by atoms with E-state index in [0.717, 1.165) is 5.56 Å². The molecule has 31 heavy (non-hydrogen) atoms. The molecule has 1 N–H and O–H groups in total. The van der Waals surface area contributed by atoms with Crippen molar-refractivity contribution in [3.8, 4) is 17.2 Å². The Labute approximate surface area is 186 Å². The average molecular weight is 461 g/mol. The number of sulfonamides is 1. The number of benzene rings is 3. The Morgan fingerprint density at radius 1 is 0.968 bits per heavy atom. The molecular formula is C22H21ClN2O5S. The maximum absolute atomic E-state index is 12.6. The number of halogens is 1. The topological polar surface area (TPSA) is 86.2 Å². The minimum Gasteiger partial charge on any atom is -0.497 e. The molecule has 3 aromatic carbocycles. The third-order valence-electron chi connectivity index (χ3n) is 4.20. The van der Waals surface area contributed by atoms with Crippen molar-refractivity contribution in [1.82, 2.24) is 4.83 Å². The Morgan fingerprint density at radius 3 is 2.52 bits per heavy atom. The lowest BCUT2D eigenvalue weighted by Crippen LogP contribution is -2.19. The maximum atomic E-state index is 12.6. The monoisotopic (exact) mass is 460 g/mol. The fourth-order valence-electron chi connectivity index (χ4n) is 2.69. The molecule has 3 rings (SSSR count). The van der Waals surface area contributed by atoms with Crippen LogP contribution in [0, 0.1) is 0 Å². The Morgan fingerprint density at radius 2 is 1.77 bits per heavy atom. The molecule has 9 heteroatoms. The second-order valence-electron chi connectivity index (χ2n) is 6.36. The second kappa shape index (κ2) is 10.2. The minimum atomic E-state index is -3.96. The van der Waals surface area contributed by atoms with Gasteiger partial charge in [0.25, 0.3) is 10.0 Å². The van der Waals surface area contributed by atoms with Crippen molar-refractivity contribution < 1.29 is 22.6 Å². The zero-order valence-corrected chi connectivity index (χ0v) is 18.5. The van der Waals surface area contributed by atoms with Gasteiger partial charge in [-0.25, -0.2) is 0 Å². The molecule has 0 radical (unpaired) electrons. The standard InChI is InChI=1S/C22H21ClN2O5S/c1-28-19-9-10-21(29-2)22(13-19)31(26,27)25-24-14-16-5-4-8-20(12-16)30-15-17-6-3-7-18(23)11-17/h3-14,25H,15H2,1-2H3/b24-14-. The van der Waals surface area contributed by atoms with Crippen LogP contribution in [0.4, 0.5) is 0 Å². The number of ether oxygens (including phenoxy) is 3. The van der Waals surface area contributed by atoms with Crippen LogP contribution in [0.3, 0.4) is 0 Å². The maximum Gasteiger partial charge on any atom is 0.280 e. The lowest BCUT2D eigenvalue weighted by molar-refractivity contribution is 0.306. The zero-order chi connectivity index (χ0) is 22.3. The summed E-state index contributed by atoms with van der Waals surface area (Å²) in [5, 5.41) is 4.50. The molecule has 0 aliphatic carbocycles. The number of nitrogens with one attached hydrogen (secondary N) is 1. The van der Waals surface area contributed by atoms with Gasteiger partial charge >= 0.3 is 0 Å². The van der Waals surface area contributed by atoms with Crippen molar-refractivity contribution in [1.29, 1.82) is 0 Å². The Kier molecular flexibility index (Phi) is 7.38. The van der Waals surface area contributed by atoms with E-state index in [1.54, 1.807) is 36.4 Å². The largest absolute Gasteiger partial charge is 0.497 e. The van der Waals surface area contributed by atoms with Gasteiger partial charge in [-0.2, -0.15) is 18.4 Å². The number of nitrogens with zero attached hydrogens (tertiary/aromatic N) is 1. The number of hydrogen-bond acceptors (Lipinski definition) is 6. The van der Waals surface area contributed by atoms with Gasteiger partial charge in [0.2, 0.25) is 0 Å². The zero-order valence-electron chi connectivity index (χ0n) is 16.9. The van der Waals surface area contributed by atoms with Gasteiger partial charge in [-0.15, -0.1) is 0 Å². The van der Waals surface area contributed by atoms with Crippen LogP contribution < -0.4 is 19.0 Å². The molecule has 0 aliphatic heterocycles. The molecular weight excluding hydrogens is 440 g/mol. The van der Waals surface area contributed by atoms with E-state index < -0.39 is 10.0 Å². The summed E-state index contributed by atoms with van der Waals surface area (Å²) in [5.41, 5.74) is 1.59. The predicted octanol–water partition coefficient (Wildman–Crippen LogP) is 4.25. The van der Waals surface area contributed by atoms with Crippen molar-refractivity contribution >= 4 is 27.8 Å². The number of hydrazone groups is 1. The molecule has 0 saturated heterocycles. The summed E-state index contributed by atoms with van der Waals surface area (Å²) >= 11 is 5.98. The Balaban J connectivity index is 1.69. The van der Waals surface area contributed by atoms with Crippen LogP contribution in [0.15, 0.2) is 76.7 Å². The highest BCUT2D eigenvalue weighted by Gasteiger charge is 2.20. The van der Waals surface area contributed by atoms with Crippen molar-refractivity contribution in [2.75, 3.05) is 14.2 Å². The lowest BCUT2D eigenvalue weighted by Gasteiger charge is -2.10. The fraction of sp³-hybridized carbons (Fsp3) is 0.136. The third-order valence-corrected chi connectivity index (χ3v) is 5.68. The first-order valence-electron chi connectivity index (χ1n) is 9.15. The van der Waals surface area contributed by atoms with E-state index in [-0.39, 0.29) is 10.6 Å². The van der Waals surface area contributed by atoms with E-state index in [1.807, 2.05) is 18.2 Å². The van der Waals surface area contributed by atoms with E-state index >= 15 is 0 Å². The smallest absolute Gasteiger partial charge is 0.280 e. The van der Waals surface area contributed by atoms with Gasteiger partial charge in [-0.3, -0.25) is 0 Å². The van der Waals surface area contributed by atoms with E-state index in [0.29, 0.717) is 28.7 Å². The first-order chi connectivity index (χ1) is 14.9. The molecule has 7 nitrogen and oxygen atoms in total. The van der Waals surface area contributed by atoms with Crippen LogP contribution >= 0.6 is 11.6 Å². The van der Waals surface area contributed by atoms with Gasteiger partial charge in [0.05, 0.1) is 20.4 Å². The molecule has 0 aliphatic rings. The number of hydrogen-bond donors (Lipinski definition) is 1. The van der Waals surface area contributed by atoms with Crippen LogP contribution in [-0.4, -0.2) is 28.9 Å². The summed E-state index contributed by atoms with van der Waals surface area (Å²) in [6, 6.07) is 19.0. The molecule has 3 aromatic rings. The van der Waals surface area contributed by atoms with Gasteiger partial charge in [0.15, 0.2) is 0 Å². The predicted molar refractivity (Wildman–Crippen MR) is 120 cm³/mol. The molecule has 0 heterocycles. The Bertz CT molecular complexity index is 1180. The minimum absolute atomic E-state index is 0.0786. The normalized spacial score (nSPS) is 11.3. The van der Waals surface area contributed by atoms with E-state index in [1.165, 1.54) is 32.6 Å². The van der Waals surface area contributed by atoms with Crippen LogP contribution in [0.2, 0.25) is 5.02 Å². The van der Waals surface area contributed by atoms with E-state index in [4.69, 9.17) is 25.8 Å².